The van der Waals surface area contributed by atoms with Gasteiger partial charge in [0.05, 0.1) is 0 Å². The molecule has 0 saturated heterocycles. The van der Waals surface area contributed by atoms with Crippen LogP contribution in [0.1, 0.15) is 50.0 Å². The zero-order valence-corrected chi connectivity index (χ0v) is 18.6. The Morgan fingerprint density at radius 3 is 2.26 bits per heavy atom. The van der Waals surface area contributed by atoms with Gasteiger partial charge in [-0.05, 0) is 48.2 Å². The second-order valence-corrected chi connectivity index (χ2v) is 8.25. The Kier molecular flexibility index (Phi) is 8.19. The molecule has 0 atom stereocenters. The number of nitrogens with one attached hydrogen (secondary N) is 1. The summed E-state index contributed by atoms with van der Waals surface area (Å²) in [5, 5.41) is 2.75. The number of hydrogen-bond donors (Lipinski definition) is 2. The average Bonchev–Trinajstić information content (AvgIpc) is 2.72. The van der Waals surface area contributed by atoms with Crippen LogP contribution in [0.25, 0.3) is 0 Å². The highest BCUT2D eigenvalue weighted by Crippen LogP contribution is 2.30. The van der Waals surface area contributed by atoms with Crippen molar-refractivity contribution >= 4 is 23.4 Å². The van der Waals surface area contributed by atoms with E-state index in [1.807, 2.05) is 31.2 Å². The van der Waals surface area contributed by atoms with Crippen molar-refractivity contribution in [3.63, 3.8) is 0 Å². The molecule has 0 saturated carbocycles. The molecule has 7 heteroatoms. The van der Waals surface area contributed by atoms with Crippen LogP contribution in [0, 0.1) is 0 Å². The van der Waals surface area contributed by atoms with Crippen LogP contribution < -0.4 is 15.8 Å². The van der Waals surface area contributed by atoms with E-state index < -0.39 is 5.91 Å². The summed E-state index contributed by atoms with van der Waals surface area (Å²) >= 11 is 0. The summed E-state index contributed by atoms with van der Waals surface area (Å²) in [4.78, 5) is 37.5. The van der Waals surface area contributed by atoms with Gasteiger partial charge < -0.3 is 20.7 Å². The van der Waals surface area contributed by atoms with Gasteiger partial charge in [-0.1, -0.05) is 39.0 Å². The Labute approximate surface area is 183 Å². The molecule has 0 radical (unpaired) electrons. The van der Waals surface area contributed by atoms with Crippen LogP contribution in [-0.4, -0.2) is 42.3 Å². The SMILES string of the molecule is CCN(CCC(=O)Nc1ccc(C(N)=O)cc1)C(=O)COc1ccccc1C(C)(C)C. The molecule has 0 bridgehead atoms. The van der Waals surface area contributed by atoms with Crippen LogP contribution in [0.4, 0.5) is 5.69 Å². The fourth-order valence-electron chi connectivity index (χ4n) is 3.08. The minimum atomic E-state index is -0.526. The van der Waals surface area contributed by atoms with Crippen molar-refractivity contribution in [1.82, 2.24) is 4.90 Å². The Balaban J connectivity index is 1.87. The van der Waals surface area contributed by atoms with E-state index in [0.29, 0.717) is 23.5 Å². The average molecular weight is 426 g/mol. The first kappa shape index (κ1) is 23.9. The number of benzene rings is 2. The summed E-state index contributed by atoms with van der Waals surface area (Å²) in [6, 6.07) is 14.0. The van der Waals surface area contributed by atoms with E-state index in [2.05, 4.69) is 26.1 Å². The van der Waals surface area contributed by atoms with Gasteiger partial charge in [0, 0.05) is 30.8 Å². The van der Waals surface area contributed by atoms with Crippen LogP contribution in [0.2, 0.25) is 0 Å². The van der Waals surface area contributed by atoms with Crippen molar-refractivity contribution in [2.75, 3.05) is 25.0 Å². The molecule has 0 fully saturated rings. The molecular weight excluding hydrogens is 394 g/mol. The van der Waals surface area contributed by atoms with Crippen molar-refractivity contribution in [1.29, 1.82) is 0 Å². The van der Waals surface area contributed by atoms with Gasteiger partial charge in [-0.15, -0.1) is 0 Å². The zero-order valence-electron chi connectivity index (χ0n) is 18.6. The van der Waals surface area contributed by atoms with Gasteiger partial charge in [0.15, 0.2) is 6.61 Å². The van der Waals surface area contributed by atoms with E-state index in [4.69, 9.17) is 10.5 Å². The highest BCUT2D eigenvalue weighted by Gasteiger charge is 2.20. The fraction of sp³-hybridized carbons (Fsp3) is 0.375. The minimum Gasteiger partial charge on any atom is -0.483 e. The van der Waals surface area contributed by atoms with Crippen LogP contribution >= 0.6 is 0 Å². The molecule has 7 nitrogen and oxygen atoms in total. The third-order valence-electron chi connectivity index (χ3n) is 4.84. The maximum Gasteiger partial charge on any atom is 0.260 e. The molecule has 2 rings (SSSR count). The summed E-state index contributed by atoms with van der Waals surface area (Å²) in [5.74, 6) is -0.235. The van der Waals surface area contributed by atoms with Gasteiger partial charge in [0.2, 0.25) is 11.8 Å². The predicted molar refractivity (Wildman–Crippen MR) is 121 cm³/mol. The van der Waals surface area contributed by atoms with Gasteiger partial charge >= 0.3 is 0 Å². The smallest absolute Gasteiger partial charge is 0.260 e. The first-order valence-corrected chi connectivity index (χ1v) is 10.3. The lowest BCUT2D eigenvalue weighted by atomic mass is 9.86. The van der Waals surface area contributed by atoms with Crippen LogP contribution in [0.5, 0.6) is 5.75 Å². The maximum absolute atomic E-state index is 12.6. The third kappa shape index (κ3) is 7.13. The standard InChI is InChI=1S/C24H31N3O4/c1-5-27(15-14-21(28)26-18-12-10-17(11-13-18)23(25)30)22(29)16-31-20-9-7-6-8-19(20)24(2,3)4/h6-13H,5,14-16H2,1-4H3,(H2,25,30)(H,26,28). The molecule has 3 amide bonds. The van der Waals surface area contributed by atoms with E-state index in [-0.39, 0.29) is 36.8 Å². The Bertz CT molecular complexity index is 917. The molecule has 166 valence electrons. The number of para-hydroxylation sites is 1. The summed E-state index contributed by atoms with van der Waals surface area (Å²) < 4.78 is 5.81. The molecule has 2 aromatic carbocycles. The molecule has 0 spiro atoms. The summed E-state index contributed by atoms with van der Waals surface area (Å²) in [7, 11) is 0. The second-order valence-electron chi connectivity index (χ2n) is 8.25. The molecule has 0 aromatic heterocycles. The number of anilines is 1. The molecule has 0 aliphatic heterocycles. The normalized spacial score (nSPS) is 11.0. The Morgan fingerprint density at radius 2 is 1.68 bits per heavy atom. The molecule has 2 aromatic rings. The fourth-order valence-corrected chi connectivity index (χ4v) is 3.08. The summed E-state index contributed by atoms with van der Waals surface area (Å²) in [6.45, 7) is 8.81. The molecule has 31 heavy (non-hydrogen) atoms. The van der Waals surface area contributed by atoms with Gasteiger partial charge in [0.25, 0.3) is 5.91 Å². The van der Waals surface area contributed by atoms with E-state index in [1.54, 1.807) is 29.2 Å². The summed E-state index contributed by atoms with van der Waals surface area (Å²) in [5.41, 5.74) is 7.07. The molecule has 0 unspecified atom stereocenters. The third-order valence-corrected chi connectivity index (χ3v) is 4.84. The predicted octanol–water partition coefficient (Wildman–Crippen LogP) is 3.34. The van der Waals surface area contributed by atoms with Gasteiger partial charge in [-0.3, -0.25) is 14.4 Å². The number of likely N-dealkylation sites (N-methyl/N-ethyl adjacent to an activating group) is 1. The van der Waals surface area contributed by atoms with Crippen molar-refractivity contribution in [2.45, 2.75) is 39.5 Å². The maximum atomic E-state index is 12.6. The number of amides is 3. The Morgan fingerprint density at radius 1 is 1.03 bits per heavy atom. The number of primary amides is 1. The van der Waals surface area contributed by atoms with Crippen molar-refractivity contribution < 1.29 is 19.1 Å². The number of nitrogens with zero attached hydrogens (tertiary/aromatic N) is 1. The van der Waals surface area contributed by atoms with E-state index in [9.17, 15) is 14.4 Å². The van der Waals surface area contributed by atoms with Crippen molar-refractivity contribution in [3.8, 4) is 5.75 Å². The van der Waals surface area contributed by atoms with E-state index >= 15 is 0 Å². The number of ether oxygens (including phenoxy) is 1. The monoisotopic (exact) mass is 425 g/mol. The largest absolute Gasteiger partial charge is 0.483 e. The molecule has 3 N–H and O–H groups in total. The van der Waals surface area contributed by atoms with Crippen LogP contribution in [-0.2, 0) is 15.0 Å². The lowest BCUT2D eigenvalue weighted by molar-refractivity contribution is -0.133. The first-order chi connectivity index (χ1) is 14.6. The molecule has 0 heterocycles. The number of hydrogen-bond acceptors (Lipinski definition) is 4. The van der Waals surface area contributed by atoms with Gasteiger partial charge in [-0.25, -0.2) is 0 Å². The van der Waals surface area contributed by atoms with E-state index in [1.165, 1.54) is 0 Å². The lowest BCUT2D eigenvalue weighted by Gasteiger charge is -2.24. The molecule has 0 aliphatic carbocycles. The number of carbonyl (C=O) groups excluding carboxylic acids is 3. The van der Waals surface area contributed by atoms with Crippen molar-refractivity contribution in [3.05, 3.63) is 59.7 Å². The first-order valence-electron chi connectivity index (χ1n) is 10.3. The number of nitrogens with two attached hydrogens (primary N) is 1. The number of rotatable bonds is 9. The topological polar surface area (TPSA) is 102 Å². The van der Waals surface area contributed by atoms with Gasteiger partial charge in [-0.2, -0.15) is 0 Å². The zero-order chi connectivity index (χ0) is 23.0. The Hall–Kier alpha value is -3.35. The van der Waals surface area contributed by atoms with E-state index in [0.717, 1.165) is 5.56 Å². The van der Waals surface area contributed by atoms with Gasteiger partial charge in [0.1, 0.15) is 5.75 Å². The lowest BCUT2D eigenvalue weighted by Crippen LogP contribution is -2.37. The van der Waals surface area contributed by atoms with Crippen molar-refractivity contribution in [2.24, 2.45) is 5.73 Å². The molecule has 0 aliphatic rings. The molecular formula is C24H31N3O4. The minimum absolute atomic E-state index is 0.0862. The number of carbonyl (C=O) groups is 3. The summed E-state index contributed by atoms with van der Waals surface area (Å²) in [6.07, 6.45) is 0.149. The van der Waals surface area contributed by atoms with Crippen LogP contribution in [0.15, 0.2) is 48.5 Å². The second kappa shape index (κ2) is 10.6. The quantitative estimate of drug-likeness (QED) is 0.643. The van der Waals surface area contributed by atoms with Crippen LogP contribution in [0.3, 0.4) is 0 Å². The highest BCUT2D eigenvalue weighted by atomic mass is 16.5. The highest BCUT2D eigenvalue weighted by molar-refractivity contribution is 5.95.